The molecule has 166 valence electrons. The van der Waals surface area contributed by atoms with Crippen molar-refractivity contribution in [1.29, 1.82) is 0 Å². The average Bonchev–Trinajstić information content (AvgIpc) is 3.17. The third-order valence-corrected chi connectivity index (χ3v) is 8.22. The summed E-state index contributed by atoms with van der Waals surface area (Å²) in [5.74, 6) is 0.906. The Labute approximate surface area is 187 Å². The summed E-state index contributed by atoms with van der Waals surface area (Å²) < 4.78 is 69.4. The molecule has 1 saturated heterocycles. The van der Waals surface area contributed by atoms with Gasteiger partial charge in [0.2, 0.25) is 0 Å². The van der Waals surface area contributed by atoms with Gasteiger partial charge in [0, 0.05) is 5.75 Å². The normalized spacial score (nSPS) is 22.4. The highest BCUT2D eigenvalue weighted by Crippen LogP contribution is 2.41. The van der Waals surface area contributed by atoms with E-state index in [1.807, 2.05) is 24.3 Å². The predicted octanol–water partition coefficient (Wildman–Crippen LogP) is 4.64. The molecule has 4 rings (SSSR count). The van der Waals surface area contributed by atoms with E-state index in [9.17, 15) is 21.6 Å². The van der Waals surface area contributed by atoms with Gasteiger partial charge in [0.15, 0.2) is 15.0 Å². The average molecular weight is 491 g/mol. The summed E-state index contributed by atoms with van der Waals surface area (Å²) in [4.78, 5) is 6.10. The van der Waals surface area contributed by atoms with Crippen LogP contribution in [0.4, 0.5) is 18.9 Å². The van der Waals surface area contributed by atoms with Gasteiger partial charge in [0.1, 0.15) is 5.75 Å². The van der Waals surface area contributed by atoms with Gasteiger partial charge in [-0.25, -0.2) is 8.42 Å². The van der Waals surface area contributed by atoms with E-state index in [0.717, 1.165) is 17.7 Å². The number of thioether (sulfide) groups is 1. The number of nitrogens with zero attached hydrogens (tertiary/aromatic N) is 2. The van der Waals surface area contributed by atoms with E-state index >= 15 is 0 Å². The second-order valence-electron chi connectivity index (χ2n) is 7.29. The van der Waals surface area contributed by atoms with E-state index in [1.165, 1.54) is 17.8 Å². The zero-order valence-electron chi connectivity index (χ0n) is 16.3. The maximum absolute atomic E-state index is 13.3. The van der Waals surface area contributed by atoms with Crippen molar-refractivity contribution in [3.05, 3.63) is 58.6 Å². The number of benzene rings is 2. The highest BCUT2D eigenvalue weighted by atomic mass is 35.5. The molecule has 0 aliphatic carbocycles. The van der Waals surface area contributed by atoms with Gasteiger partial charge < -0.3 is 9.64 Å². The van der Waals surface area contributed by atoms with Crippen LogP contribution < -0.4 is 9.64 Å². The molecule has 0 unspecified atom stereocenters. The van der Waals surface area contributed by atoms with Gasteiger partial charge in [-0.15, -0.1) is 0 Å². The molecule has 2 aliphatic heterocycles. The molecule has 0 radical (unpaired) electrons. The van der Waals surface area contributed by atoms with E-state index in [0.29, 0.717) is 16.7 Å². The predicted molar refractivity (Wildman–Crippen MR) is 117 cm³/mol. The fourth-order valence-electron chi connectivity index (χ4n) is 3.66. The Morgan fingerprint density at radius 1 is 1.19 bits per heavy atom. The molecular formula is C20H18ClF3N2O3S2. The molecule has 0 spiro atoms. The molecule has 11 heteroatoms. The second-order valence-corrected chi connectivity index (χ2v) is 10.8. The third-order valence-electron chi connectivity index (χ3n) is 5.17. The molecule has 0 aromatic heterocycles. The number of aliphatic imine (C=N–C) groups is 1. The quantitative estimate of drug-likeness (QED) is 0.624. The number of halogens is 4. The summed E-state index contributed by atoms with van der Waals surface area (Å²) in [5.41, 5.74) is 0.228. The lowest BCUT2D eigenvalue weighted by Crippen LogP contribution is -2.39. The Morgan fingerprint density at radius 3 is 2.55 bits per heavy atom. The molecule has 0 saturated carbocycles. The topological polar surface area (TPSA) is 59.0 Å². The van der Waals surface area contributed by atoms with Crippen LogP contribution in [-0.4, -0.2) is 44.3 Å². The Hall–Kier alpha value is -1.91. The number of hydrogen-bond acceptors (Lipinski definition) is 6. The summed E-state index contributed by atoms with van der Waals surface area (Å²) in [6, 6.07) is 9.33. The molecule has 2 aromatic rings. The lowest BCUT2D eigenvalue weighted by atomic mass is 10.1. The second kappa shape index (κ2) is 8.22. The maximum Gasteiger partial charge on any atom is 0.416 e. The summed E-state index contributed by atoms with van der Waals surface area (Å²) in [5, 5.41) is 0.567. The van der Waals surface area contributed by atoms with Crippen molar-refractivity contribution in [2.45, 2.75) is 24.0 Å². The van der Waals surface area contributed by atoms with Crippen LogP contribution in [0, 0.1) is 0 Å². The summed E-state index contributed by atoms with van der Waals surface area (Å²) >= 11 is 7.60. The van der Waals surface area contributed by atoms with Crippen LogP contribution >= 0.6 is 23.4 Å². The lowest BCUT2D eigenvalue weighted by Gasteiger charge is -2.28. The van der Waals surface area contributed by atoms with Crippen LogP contribution in [0.5, 0.6) is 5.75 Å². The molecule has 31 heavy (non-hydrogen) atoms. The lowest BCUT2D eigenvalue weighted by molar-refractivity contribution is -0.137. The third kappa shape index (κ3) is 4.65. The van der Waals surface area contributed by atoms with Gasteiger partial charge in [-0.3, -0.25) is 4.99 Å². The monoisotopic (exact) mass is 490 g/mol. The Kier molecular flexibility index (Phi) is 5.91. The number of anilines is 1. The SMILES string of the molecule is COc1ccc(CSC2=N[C@@H]3CS(=O)(=O)C[C@@H]3N2c2cc(C(F)(F)F)ccc2Cl)cc1. The molecule has 0 N–H and O–H groups in total. The maximum atomic E-state index is 13.3. The van der Waals surface area contributed by atoms with Crippen LogP contribution in [0.2, 0.25) is 5.02 Å². The number of hydrogen-bond donors (Lipinski definition) is 0. The number of ether oxygens (including phenoxy) is 1. The highest BCUT2D eigenvalue weighted by Gasteiger charge is 2.48. The molecule has 0 amide bonds. The van der Waals surface area contributed by atoms with Crippen molar-refractivity contribution in [3.8, 4) is 5.75 Å². The van der Waals surface area contributed by atoms with E-state index in [4.69, 9.17) is 16.3 Å². The summed E-state index contributed by atoms with van der Waals surface area (Å²) in [6.45, 7) is 0. The largest absolute Gasteiger partial charge is 0.497 e. The highest BCUT2D eigenvalue weighted by molar-refractivity contribution is 8.13. The summed E-state index contributed by atoms with van der Waals surface area (Å²) in [7, 11) is -1.76. The zero-order chi connectivity index (χ0) is 22.4. The fraction of sp³-hybridized carbons (Fsp3) is 0.350. The molecule has 1 fully saturated rings. The van der Waals surface area contributed by atoms with Gasteiger partial charge in [-0.2, -0.15) is 13.2 Å². The van der Waals surface area contributed by atoms with Crippen molar-refractivity contribution in [2.75, 3.05) is 23.5 Å². The Balaban J connectivity index is 1.66. The van der Waals surface area contributed by atoms with Crippen LogP contribution in [0.15, 0.2) is 47.5 Å². The van der Waals surface area contributed by atoms with Gasteiger partial charge >= 0.3 is 6.18 Å². The van der Waals surface area contributed by atoms with Crippen LogP contribution in [0.1, 0.15) is 11.1 Å². The number of methoxy groups -OCH3 is 1. The molecule has 2 aliphatic rings. The van der Waals surface area contributed by atoms with E-state index in [1.54, 1.807) is 12.0 Å². The van der Waals surface area contributed by atoms with Gasteiger partial charge in [0.25, 0.3) is 0 Å². The number of rotatable bonds is 4. The van der Waals surface area contributed by atoms with Crippen LogP contribution in [0.25, 0.3) is 0 Å². The minimum atomic E-state index is -4.55. The molecule has 5 nitrogen and oxygen atoms in total. The van der Waals surface area contributed by atoms with Gasteiger partial charge in [-0.1, -0.05) is 35.5 Å². The minimum absolute atomic E-state index is 0.107. The Morgan fingerprint density at radius 2 is 1.90 bits per heavy atom. The molecule has 2 atom stereocenters. The standard InChI is InChI=1S/C20H18ClF3N2O3S2/c1-29-14-5-2-12(3-6-14)9-30-19-25-16-10-31(27,28)11-18(16)26(19)17-8-13(20(22,23)24)4-7-15(17)21/h2-8,16,18H,9-11H2,1H3/t16-,18+/m1/s1. The number of fused-ring (bicyclic) bond motifs is 1. The number of sulfone groups is 1. The molecule has 0 bridgehead atoms. The molecular weight excluding hydrogens is 473 g/mol. The van der Waals surface area contributed by atoms with Crippen LogP contribution in [-0.2, 0) is 21.8 Å². The molecule has 2 heterocycles. The fourth-order valence-corrected chi connectivity index (χ4v) is 6.78. The van der Waals surface area contributed by atoms with Crippen molar-refractivity contribution >= 4 is 44.1 Å². The molecule has 2 aromatic carbocycles. The van der Waals surface area contributed by atoms with E-state index < -0.39 is 33.7 Å². The zero-order valence-corrected chi connectivity index (χ0v) is 18.7. The smallest absolute Gasteiger partial charge is 0.416 e. The first-order valence-corrected chi connectivity index (χ1v) is 12.5. The number of alkyl halides is 3. The van der Waals surface area contributed by atoms with Crippen LogP contribution in [0.3, 0.4) is 0 Å². The number of amidine groups is 1. The van der Waals surface area contributed by atoms with Gasteiger partial charge in [0.05, 0.1) is 47.0 Å². The van der Waals surface area contributed by atoms with Gasteiger partial charge in [-0.05, 0) is 35.9 Å². The minimum Gasteiger partial charge on any atom is -0.497 e. The first-order valence-electron chi connectivity index (χ1n) is 9.27. The first kappa shape index (κ1) is 22.3. The van der Waals surface area contributed by atoms with E-state index in [-0.39, 0.29) is 22.2 Å². The Bertz CT molecular complexity index is 1120. The first-order chi connectivity index (χ1) is 14.6. The van der Waals surface area contributed by atoms with Crippen molar-refractivity contribution in [3.63, 3.8) is 0 Å². The van der Waals surface area contributed by atoms with Crippen molar-refractivity contribution < 1.29 is 26.3 Å². The van der Waals surface area contributed by atoms with Crippen molar-refractivity contribution in [2.24, 2.45) is 4.99 Å². The van der Waals surface area contributed by atoms with E-state index in [2.05, 4.69) is 4.99 Å². The van der Waals surface area contributed by atoms with Crippen molar-refractivity contribution in [1.82, 2.24) is 0 Å². The summed E-state index contributed by atoms with van der Waals surface area (Å²) in [6.07, 6.45) is -4.55.